The maximum absolute atomic E-state index is 13.0. The van der Waals surface area contributed by atoms with E-state index < -0.39 is 0 Å². The summed E-state index contributed by atoms with van der Waals surface area (Å²) in [6.07, 6.45) is 3.66. The maximum Gasteiger partial charge on any atom is 0.233 e. The van der Waals surface area contributed by atoms with E-state index in [9.17, 15) is 9.18 Å². The topological polar surface area (TPSA) is 38.1 Å². The van der Waals surface area contributed by atoms with Crippen LogP contribution in [-0.2, 0) is 11.3 Å². The number of thioether (sulfide) groups is 1. The Morgan fingerprint density at radius 1 is 1.19 bits per heavy atom. The fourth-order valence-electron chi connectivity index (χ4n) is 2.75. The van der Waals surface area contributed by atoms with Crippen molar-refractivity contribution in [3.8, 4) is 5.69 Å². The van der Waals surface area contributed by atoms with E-state index in [1.165, 1.54) is 29.5 Å². The van der Waals surface area contributed by atoms with Crippen LogP contribution in [0, 0.1) is 19.7 Å². The molecule has 3 rings (SSSR count). The highest BCUT2D eigenvalue weighted by atomic mass is 32.2. The molecule has 0 unspecified atom stereocenters. The molecule has 0 atom stereocenters. The number of carbonyl (C=O) groups is 1. The van der Waals surface area contributed by atoms with E-state index in [4.69, 9.17) is 0 Å². The predicted molar refractivity (Wildman–Crippen MR) is 107 cm³/mol. The molecule has 2 aromatic carbocycles. The van der Waals surface area contributed by atoms with E-state index in [0.29, 0.717) is 12.3 Å². The molecule has 0 N–H and O–H groups in total. The molecule has 0 fully saturated rings. The Kier molecular flexibility index (Phi) is 5.96. The first kappa shape index (κ1) is 19.2. The van der Waals surface area contributed by atoms with Gasteiger partial charge in [-0.25, -0.2) is 9.37 Å². The van der Waals surface area contributed by atoms with Crippen molar-refractivity contribution >= 4 is 17.7 Å². The number of benzene rings is 2. The van der Waals surface area contributed by atoms with Crippen LogP contribution >= 0.6 is 11.8 Å². The van der Waals surface area contributed by atoms with Crippen LogP contribution in [0.4, 0.5) is 4.39 Å². The molecular weight excluding hydrogens is 361 g/mol. The maximum atomic E-state index is 13.0. The van der Waals surface area contributed by atoms with Gasteiger partial charge in [0.25, 0.3) is 0 Å². The summed E-state index contributed by atoms with van der Waals surface area (Å²) in [4.78, 5) is 18.5. The Morgan fingerprint density at radius 2 is 1.93 bits per heavy atom. The highest BCUT2D eigenvalue weighted by Crippen LogP contribution is 2.24. The van der Waals surface area contributed by atoms with Crippen molar-refractivity contribution in [2.45, 2.75) is 25.5 Å². The summed E-state index contributed by atoms with van der Waals surface area (Å²) in [7, 11) is 1.75. The minimum atomic E-state index is -0.276. The normalized spacial score (nSPS) is 10.8. The molecule has 0 radical (unpaired) electrons. The Labute approximate surface area is 163 Å². The first-order chi connectivity index (χ1) is 12.9. The first-order valence-electron chi connectivity index (χ1n) is 8.66. The number of hydrogen-bond acceptors (Lipinski definition) is 3. The van der Waals surface area contributed by atoms with Crippen LogP contribution in [0.25, 0.3) is 5.69 Å². The van der Waals surface area contributed by atoms with Crippen molar-refractivity contribution in [2.75, 3.05) is 12.8 Å². The van der Waals surface area contributed by atoms with Crippen molar-refractivity contribution in [2.24, 2.45) is 0 Å². The lowest BCUT2D eigenvalue weighted by atomic mass is 10.1. The molecular formula is C21H22FN3OS. The summed E-state index contributed by atoms with van der Waals surface area (Å²) >= 11 is 1.41. The van der Waals surface area contributed by atoms with Crippen LogP contribution in [0.1, 0.15) is 16.7 Å². The molecule has 1 heterocycles. The van der Waals surface area contributed by atoms with E-state index >= 15 is 0 Å². The number of nitrogens with zero attached hydrogens (tertiary/aromatic N) is 3. The molecule has 6 heteroatoms. The number of halogens is 1. The van der Waals surface area contributed by atoms with Gasteiger partial charge in [-0.15, -0.1) is 0 Å². The second-order valence-corrected chi connectivity index (χ2v) is 7.48. The molecule has 1 amide bonds. The Bertz CT molecular complexity index is 937. The summed E-state index contributed by atoms with van der Waals surface area (Å²) < 4.78 is 15.0. The third-order valence-corrected chi connectivity index (χ3v) is 5.27. The quantitative estimate of drug-likeness (QED) is 0.593. The number of rotatable bonds is 6. The second kappa shape index (κ2) is 8.39. The third-order valence-electron chi connectivity index (χ3n) is 4.31. The number of carbonyl (C=O) groups excluding carboxylic acids is 1. The van der Waals surface area contributed by atoms with Crippen LogP contribution in [0.3, 0.4) is 0 Å². The van der Waals surface area contributed by atoms with Crippen molar-refractivity contribution in [3.05, 3.63) is 77.4 Å². The van der Waals surface area contributed by atoms with Crippen LogP contribution in [0.15, 0.2) is 60.0 Å². The Morgan fingerprint density at radius 3 is 2.67 bits per heavy atom. The summed E-state index contributed by atoms with van der Waals surface area (Å²) in [6, 6.07) is 12.5. The van der Waals surface area contributed by atoms with Crippen LogP contribution in [0.5, 0.6) is 0 Å². The zero-order valence-electron chi connectivity index (χ0n) is 15.6. The Balaban J connectivity index is 1.65. The summed E-state index contributed by atoms with van der Waals surface area (Å²) in [5, 5.41) is 0.784. The van der Waals surface area contributed by atoms with Crippen molar-refractivity contribution in [1.29, 1.82) is 0 Å². The molecule has 4 nitrogen and oxygen atoms in total. The largest absolute Gasteiger partial charge is 0.341 e. The first-order valence-corrected chi connectivity index (χ1v) is 9.65. The lowest BCUT2D eigenvalue weighted by Crippen LogP contribution is -2.27. The lowest BCUT2D eigenvalue weighted by molar-refractivity contribution is -0.127. The van der Waals surface area contributed by atoms with Crippen LogP contribution in [0.2, 0.25) is 0 Å². The fraction of sp³-hybridized carbons (Fsp3) is 0.238. The van der Waals surface area contributed by atoms with Gasteiger partial charge in [0.15, 0.2) is 5.16 Å². The van der Waals surface area contributed by atoms with E-state index in [0.717, 1.165) is 22.0 Å². The number of hydrogen-bond donors (Lipinski definition) is 0. The fourth-order valence-corrected chi connectivity index (χ4v) is 3.65. The highest BCUT2D eigenvalue weighted by molar-refractivity contribution is 7.99. The summed E-state index contributed by atoms with van der Waals surface area (Å²) in [6.45, 7) is 4.57. The molecule has 1 aromatic heterocycles. The van der Waals surface area contributed by atoms with Gasteiger partial charge in [0.1, 0.15) is 5.82 Å². The molecule has 0 bridgehead atoms. The highest BCUT2D eigenvalue weighted by Gasteiger charge is 2.14. The SMILES string of the molecule is Cc1ccc(C)c(-n2ccnc2SCC(=O)N(C)Cc2ccc(F)cc2)c1. The monoisotopic (exact) mass is 383 g/mol. The molecule has 3 aromatic rings. The van der Waals surface area contributed by atoms with Gasteiger partial charge in [0, 0.05) is 26.0 Å². The Hall–Kier alpha value is -2.60. The van der Waals surface area contributed by atoms with Gasteiger partial charge in [-0.1, -0.05) is 36.0 Å². The van der Waals surface area contributed by atoms with Gasteiger partial charge in [0.2, 0.25) is 5.91 Å². The van der Waals surface area contributed by atoms with E-state index in [1.54, 1.807) is 30.3 Å². The molecule has 0 aliphatic rings. The smallest absolute Gasteiger partial charge is 0.233 e. The molecule has 0 spiro atoms. The van der Waals surface area contributed by atoms with Crippen molar-refractivity contribution < 1.29 is 9.18 Å². The number of aromatic nitrogens is 2. The van der Waals surface area contributed by atoms with Gasteiger partial charge in [-0.3, -0.25) is 9.36 Å². The van der Waals surface area contributed by atoms with E-state index in [2.05, 4.69) is 37.0 Å². The van der Waals surface area contributed by atoms with Crippen LogP contribution in [-0.4, -0.2) is 33.2 Å². The standard InChI is InChI=1S/C21H22FN3OS/c1-15-4-5-16(2)19(12-15)25-11-10-23-21(25)27-14-20(26)24(3)13-17-6-8-18(22)9-7-17/h4-12H,13-14H2,1-3H3. The van der Waals surface area contributed by atoms with Crippen LogP contribution < -0.4 is 0 Å². The lowest BCUT2D eigenvalue weighted by Gasteiger charge is -2.17. The minimum Gasteiger partial charge on any atom is -0.341 e. The number of imidazole rings is 1. The molecule has 27 heavy (non-hydrogen) atoms. The predicted octanol–water partition coefficient (Wildman–Crippen LogP) is 4.38. The molecule has 0 saturated heterocycles. The summed E-state index contributed by atoms with van der Waals surface area (Å²) in [5.41, 5.74) is 4.30. The van der Waals surface area contributed by atoms with Gasteiger partial charge < -0.3 is 4.90 Å². The van der Waals surface area contributed by atoms with Gasteiger partial charge >= 0.3 is 0 Å². The average Bonchev–Trinajstić information content (AvgIpc) is 3.12. The van der Waals surface area contributed by atoms with E-state index in [1.807, 2.05) is 10.8 Å². The number of aryl methyl sites for hydroxylation is 2. The van der Waals surface area contributed by atoms with Gasteiger partial charge in [-0.05, 0) is 48.7 Å². The average molecular weight is 383 g/mol. The van der Waals surface area contributed by atoms with Crippen molar-refractivity contribution in [1.82, 2.24) is 14.5 Å². The van der Waals surface area contributed by atoms with Crippen molar-refractivity contribution in [3.63, 3.8) is 0 Å². The number of amides is 1. The zero-order valence-corrected chi connectivity index (χ0v) is 16.5. The minimum absolute atomic E-state index is 0.000149. The molecule has 0 aliphatic carbocycles. The van der Waals surface area contributed by atoms with E-state index in [-0.39, 0.29) is 11.7 Å². The second-order valence-electron chi connectivity index (χ2n) is 6.53. The molecule has 140 valence electrons. The van der Waals surface area contributed by atoms with Gasteiger partial charge in [0.05, 0.1) is 11.4 Å². The molecule has 0 saturated carbocycles. The summed E-state index contributed by atoms with van der Waals surface area (Å²) in [5.74, 6) is 0.0148. The third kappa shape index (κ3) is 4.77. The van der Waals surface area contributed by atoms with Gasteiger partial charge in [-0.2, -0.15) is 0 Å². The molecule has 0 aliphatic heterocycles. The zero-order chi connectivity index (χ0) is 19.4.